The van der Waals surface area contributed by atoms with Crippen molar-refractivity contribution in [3.63, 3.8) is 0 Å². The Morgan fingerprint density at radius 3 is 2.57 bits per heavy atom. The molecule has 0 aliphatic carbocycles. The highest BCUT2D eigenvalue weighted by Gasteiger charge is 2.41. The van der Waals surface area contributed by atoms with E-state index in [0.717, 1.165) is 24.2 Å². The van der Waals surface area contributed by atoms with Crippen molar-refractivity contribution in [3.05, 3.63) is 18.0 Å². The van der Waals surface area contributed by atoms with Crippen LogP contribution in [0, 0.1) is 18.8 Å². The second-order valence-corrected chi connectivity index (χ2v) is 8.19. The number of nitrogens with one attached hydrogen (secondary N) is 1. The van der Waals surface area contributed by atoms with Gasteiger partial charge in [0, 0.05) is 31.7 Å². The van der Waals surface area contributed by atoms with Crippen LogP contribution in [-0.2, 0) is 17.1 Å². The number of pyridine rings is 1. The van der Waals surface area contributed by atoms with Gasteiger partial charge in [0.25, 0.3) is 0 Å². The zero-order valence-corrected chi connectivity index (χ0v) is 14.7. The number of rotatable bonds is 2. The van der Waals surface area contributed by atoms with Gasteiger partial charge in [-0.1, -0.05) is 0 Å². The van der Waals surface area contributed by atoms with Gasteiger partial charge in [0.2, 0.25) is 10.0 Å². The SMILES string of the molecule is Cc1nn(C)c2ncc(S(=O)(=O)N3C[C@H]4CNC[C@H]4C3)cc12.Cl. The highest BCUT2D eigenvalue weighted by Crippen LogP contribution is 2.31. The predicted octanol–water partition coefficient (Wildman–Crippen LogP) is 0.538. The van der Waals surface area contributed by atoms with Gasteiger partial charge >= 0.3 is 0 Å². The molecule has 7 nitrogen and oxygen atoms in total. The van der Waals surface area contributed by atoms with E-state index in [2.05, 4.69) is 15.4 Å². The second kappa shape index (κ2) is 5.70. The van der Waals surface area contributed by atoms with Crippen molar-refractivity contribution in [3.8, 4) is 0 Å². The summed E-state index contributed by atoms with van der Waals surface area (Å²) in [6.07, 6.45) is 1.45. The monoisotopic (exact) mass is 357 g/mol. The lowest BCUT2D eigenvalue weighted by atomic mass is 10.0. The third-order valence-electron chi connectivity index (χ3n) is 4.83. The number of sulfonamides is 1. The molecule has 2 aliphatic heterocycles. The molecule has 0 unspecified atom stereocenters. The van der Waals surface area contributed by atoms with E-state index in [-0.39, 0.29) is 17.3 Å². The summed E-state index contributed by atoms with van der Waals surface area (Å²) < 4.78 is 29.0. The lowest BCUT2D eigenvalue weighted by Crippen LogP contribution is -2.32. The average molecular weight is 358 g/mol. The normalized spacial score (nSPS) is 24.8. The summed E-state index contributed by atoms with van der Waals surface area (Å²) in [5.41, 5.74) is 1.50. The van der Waals surface area contributed by atoms with Gasteiger partial charge in [-0.15, -0.1) is 12.4 Å². The molecule has 0 bridgehead atoms. The van der Waals surface area contributed by atoms with Gasteiger partial charge in [0.05, 0.1) is 5.69 Å². The predicted molar refractivity (Wildman–Crippen MR) is 89.1 cm³/mol. The Kier molecular flexibility index (Phi) is 4.12. The first-order valence-electron chi connectivity index (χ1n) is 7.47. The Labute approximate surface area is 141 Å². The second-order valence-electron chi connectivity index (χ2n) is 6.25. The number of hydrogen-bond acceptors (Lipinski definition) is 5. The van der Waals surface area contributed by atoms with Crippen molar-refractivity contribution < 1.29 is 8.42 Å². The Bertz CT molecular complexity index is 838. The Morgan fingerprint density at radius 1 is 1.26 bits per heavy atom. The third kappa shape index (κ3) is 2.53. The number of nitrogens with zero attached hydrogens (tertiary/aromatic N) is 4. The molecule has 9 heteroatoms. The van der Waals surface area contributed by atoms with Crippen molar-refractivity contribution in [1.29, 1.82) is 0 Å². The van der Waals surface area contributed by atoms with Gasteiger partial charge < -0.3 is 5.32 Å². The maximum Gasteiger partial charge on any atom is 0.244 e. The summed E-state index contributed by atoms with van der Waals surface area (Å²) in [6.45, 7) is 4.89. The van der Waals surface area contributed by atoms with Crippen molar-refractivity contribution in [2.75, 3.05) is 26.2 Å². The fraction of sp³-hybridized carbons (Fsp3) is 0.571. The summed E-state index contributed by atoms with van der Waals surface area (Å²) in [6, 6.07) is 1.70. The zero-order valence-electron chi connectivity index (χ0n) is 13.1. The van der Waals surface area contributed by atoms with E-state index >= 15 is 0 Å². The molecular formula is C14H20ClN5O2S. The zero-order chi connectivity index (χ0) is 15.5. The smallest absolute Gasteiger partial charge is 0.244 e. The minimum atomic E-state index is -3.47. The molecule has 0 saturated carbocycles. The molecule has 126 valence electrons. The molecule has 2 atom stereocenters. The van der Waals surface area contributed by atoms with E-state index in [0.29, 0.717) is 30.6 Å². The van der Waals surface area contributed by atoms with Gasteiger partial charge in [-0.25, -0.2) is 13.4 Å². The fourth-order valence-corrected chi connectivity index (χ4v) is 5.11. The first-order valence-corrected chi connectivity index (χ1v) is 8.91. The summed E-state index contributed by atoms with van der Waals surface area (Å²) in [5, 5.41) is 8.42. The number of aromatic nitrogens is 3. The number of fused-ring (bicyclic) bond motifs is 2. The molecule has 0 spiro atoms. The molecule has 4 heterocycles. The van der Waals surface area contributed by atoms with Crippen LogP contribution in [0.5, 0.6) is 0 Å². The maximum absolute atomic E-state index is 12.9. The quantitative estimate of drug-likeness (QED) is 0.848. The number of halogens is 1. The van der Waals surface area contributed by atoms with E-state index in [1.807, 2.05) is 14.0 Å². The molecule has 23 heavy (non-hydrogen) atoms. The molecule has 2 aromatic heterocycles. The third-order valence-corrected chi connectivity index (χ3v) is 6.63. The molecule has 0 amide bonds. The van der Waals surface area contributed by atoms with Crippen LogP contribution in [0.15, 0.2) is 17.2 Å². The molecule has 1 N–H and O–H groups in total. The first-order chi connectivity index (χ1) is 10.5. The van der Waals surface area contributed by atoms with Crippen LogP contribution in [0.3, 0.4) is 0 Å². The minimum Gasteiger partial charge on any atom is -0.316 e. The standard InChI is InChI=1S/C14H19N5O2S.ClH/c1-9-13-3-12(6-16-14(13)18(2)17-9)22(20,21)19-7-10-4-15-5-11(10)8-19;/h3,6,10-11,15H,4-5,7-8H2,1-2H3;1H/t10-,11+;. The molecule has 2 saturated heterocycles. The van der Waals surface area contributed by atoms with Crippen molar-refractivity contribution in [2.24, 2.45) is 18.9 Å². The molecule has 2 aliphatic rings. The summed E-state index contributed by atoms with van der Waals surface area (Å²) in [5.74, 6) is 0.873. The molecule has 2 fully saturated rings. The molecule has 4 rings (SSSR count). The molecule has 0 aromatic carbocycles. The highest BCUT2D eigenvalue weighted by atomic mass is 35.5. The lowest BCUT2D eigenvalue weighted by molar-refractivity contribution is 0.448. The van der Waals surface area contributed by atoms with Crippen LogP contribution in [0.2, 0.25) is 0 Å². The Morgan fingerprint density at radius 2 is 1.91 bits per heavy atom. The van der Waals surface area contributed by atoms with Crippen molar-refractivity contribution in [2.45, 2.75) is 11.8 Å². The highest BCUT2D eigenvalue weighted by molar-refractivity contribution is 7.89. The van der Waals surface area contributed by atoms with Gasteiger partial charge in [-0.05, 0) is 37.9 Å². The van der Waals surface area contributed by atoms with Gasteiger partial charge in [0.15, 0.2) is 5.65 Å². The Hall–Kier alpha value is -1.22. The van der Waals surface area contributed by atoms with Crippen LogP contribution < -0.4 is 5.32 Å². The lowest BCUT2D eigenvalue weighted by Gasteiger charge is -2.17. The van der Waals surface area contributed by atoms with Crippen LogP contribution in [0.4, 0.5) is 0 Å². The molecular weight excluding hydrogens is 338 g/mol. The van der Waals surface area contributed by atoms with Gasteiger partial charge in [-0.2, -0.15) is 9.40 Å². The summed E-state index contributed by atoms with van der Waals surface area (Å²) in [7, 11) is -1.66. The Balaban J connectivity index is 0.00000156. The minimum absolute atomic E-state index is 0. The average Bonchev–Trinajstić information content (AvgIpc) is 3.13. The van der Waals surface area contributed by atoms with Crippen molar-refractivity contribution in [1.82, 2.24) is 24.4 Å². The van der Waals surface area contributed by atoms with Crippen LogP contribution in [-0.4, -0.2) is 53.7 Å². The van der Waals surface area contributed by atoms with Crippen molar-refractivity contribution >= 4 is 33.5 Å². The summed E-state index contributed by atoms with van der Waals surface area (Å²) in [4.78, 5) is 4.56. The largest absolute Gasteiger partial charge is 0.316 e. The number of hydrogen-bond donors (Lipinski definition) is 1. The van der Waals surface area contributed by atoms with Crippen LogP contribution in [0.1, 0.15) is 5.69 Å². The van der Waals surface area contributed by atoms with Crippen LogP contribution >= 0.6 is 12.4 Å². The van der Waals surface area contributed by atoms with Gasteiger partial charge in [-0.3, -0.25) is 4.68 Å². The van der Waals surface area contributed by atoms with E-state index in [1.54, 1.807) is 15.1 Å². The topological polar surface area (TPSA) is 80.1 Å². The number of aryl methyl sites for hydroxylation is 2. The maximum atomic E-state index is 12.9. The first kappa shape index (κ1) is 16.6. The molecule has 2 aromatic rings. The fourth-order valence-electron chi connectivity index (χ4n) is 3.59. The van der Waals surface area contributed by atoms with Gasteiger partial charge in [0.1, 0.15) is 4.90 Å². The van der Waals surface area contributed by atoms with E-state index in [1.165, 1.54) is 6.20 Å². The molecule has 0 radical (unpaired) electrons. The van der Waals surface area contributed by atoms with E-state index < -0.39 is 10.0 Å². The van der Waals surface area contributed by atoms with E-state index in [9.17, 15) is 8.42 Å². The van der Waals surface area contributed by atoms with Crippen LogP contribution in [0.25, 0.3) is 11.0 Å². The van der Waals surface area contributed by atoms with E-state index in [4.69, 9.17) is 0 Å². The summed E-state index contributed by atoms with van der Waals surface area (Å²) >= 11 is 0.